The average molecular weight is 255 g/mol. The fourth-order valence-electron chi connectivity index (χ4n) is 1.46. The minimum atomic E-state index is -0.778. The molecule has 0 saturated heterocycles. The van der Waals surface area contributed by atoms with Gasteiger partial charge in [0.25, 0.3) is 5.69 Å². The number of anilines is 1. The maximum atomic E-state index is 13.1. The number of nitro benzene ring substituents is 1. The van der Waals surface area contributed by atoms with Crippen LogP contribution in [0.15, 0.2) is 18.2 Å². The fourth-order valence-corrected chi connectivity index (χ4v) is 1.46. The zero-order valence-corrected chi connectivity index (χ0v) is 9.85. The summed E-state index contributed by atoms with van der Waals surface area (Å²) in [5, 5.41) is 13.0. The van der Waals surface area contributed by atoms with Crippen molar-refractivity contribution in [2.24, 2.45) is 11.7 Å². The number of hydrogen-bond acceptors (Lipinski definition) is 4. The highest BCUT2D eigenvalue weighted by molar-refractivity contribution is 5.92. The molecule has 0 aromatic heterocycles. The number of carbonyl (C=O) groups excluding carboxylic acids is 1. The molecule has 0 heterocycles. The lowest BCUT2D eigenvalue weighted by Gasteiger charge is -2.12. The number of non-ortho nitro benzene ring substituents is 1. The van der Waals surface area contributed by atoms with Gasteiger partial charge >= 0.3 is 0 Å². The third kappa shape index (κ3) is 3.49. The molecule has 1 unspecified atom stereocenters. The topological polar surface area (TPSA) is 98.3 Å². The van der Waals surface area contributed by atoms with Crippen LogP contribution in [0, 0.1) is 21.8 Å². The van der Waals surface area contributed by atoms with Gasteiger partial charge in [0, 0.05) is 12.6 Å². The van der Waals surface area contributed by atoms with Gasteiger partial charge in [0.1, 0.15) is 5.82 Å². The summed E-state index contributed by atoms with van der Waals surface area (Å²) in [6, 6.07) is 2.91. The first-order valence-electron chi connectivity index (χ1n) is 5.43. The molecular weight excluding hydrogens is 241 g/mol. The molecule has 1 rings (SSSR count). The van der Waals surface area contributed by atoms with Crippen molar-refractivity contribution in [1.82, 2.24) is 0 Å². The van der Waals surface area contributed by atoms with Crippen molar-refractivity contribution in [2.45, 2.75) is 13.3 Å². The van der Waals surface area contributed by atoms with E-state index < -0.39 is 22.3 Å². The molecule has 0 spiro atoms. The Balaban J connectivity index is 2.90. The second-order valence-electron chi connectivity index (χ2n) is 3.79. The van der Waals surface area contributed by atoms with Crippen LogP contribution in [0.2, 0.25) is 0 Å². The average Bonchev–Trinajstić information content (AvgIpc) is 2.29. The summed E-state index contributed by atoms with van der Waals surface area (Å²) >= 11 is 0. The van der Waals surface area contributed by atoms with Gasteiger partial charge in [0.05, 0.1) is 22.6 Å². The number of nitro groups is 1. The largest absolute Gasteiger partial charge is 0.330 e. The summed E-state index contributed by atoms with van der Waals surface area (Å²) in [6.45, 7) is 1.96. The SMILES string of the molecule is CCC(CN)C(=O)Nc1cc(F)cc([N+](=O)[O-])c1. The summed E-state index contributed by atoms with van der Waals surface area (Å²) in [5.41, 5.74) is 5.05. The van der Waals surface area contributed by atoms with Gasteiger partial charge in [-0.2, -0.15) is 0 Å². The zero-order chi connectivity index (χ0) is 13.7. The lowest BCUT2D eigenvalue weighted by atomic mass is 10.1. The molecule has 0 fully saturated rings. The van der Waals surface area contributed by atoms with Gasteiger partial charge in [-0.1, -0.05) is 6.92 Å². The number of nitrogens with zero attached hydrogens (tertiary/aromatic N) is 1. The molecule has 1 aromatic rings. The molecule has 0 aliphatic heterocycles. The van der Waals surface area contributed by atoms with Crippen LogP contribution in [-0.2, 0) is 4.79 Å². The predicted octanol–water partition coefficient (Wildman–Crippen LogP) is 1.66. The molecule has 0 aliphatic carbocycles. The van der Waals surface area contributed by atoms with E-state index in [1.54, 1.807) is 6.92 Å². The molecule has 1 aromatic carbocycles. The Bertz CT molecular complexity index is 461. The number of benzene rings is 1. The molecule has 98 valence electrons. The number of amides is 1. The molecule has 18 heavy (non-hydrogen) atoms. The van der Waals surface area contributed by atoms with Crippen LogP contribution in [0.5, 0.6) is 0 Å². The minimum absolute atomic E-state index is 0.0543. The highest BCUT2D eigenvalue weighted by atomic mass is 19.1. The van der Waals surface area contributed by atoms with Crippen molar-refractivity contribution in [2.75, 3.05) is 11.9 Å². The first-order chi connectivity index (χ1) is 8.47. The summed E-state index contributed by atoms with van der Waals surface area (Å²) < 4.78 is 13.1. The number of nitrogens with one attached hydrogen (secondary N) is 1. The van der Waals surface area contributed by atoms with Crippen molar-refractivity contribution in [1.29, 1.82) is 0 Å². The lowest BCUT2D eigenvalue weighted by Crippen LogP contribution is -2.28. The molecule has 3 N–H and O–H groups in total. The van der Waals surface area contributed by atoms with Gasteiger partial charge in [-0.25, -0.2) is 4.39 Å². The molecule has 7 heteroatoms. The third-order valence-corrected chi connectivity index (χ3v) is 2.51. The van der Waals surface area contributed by atoms with Crippen LogP contribution in [0.3, 0.4) is 0 Å². The first kappa shape index (κ1) is 14.0. The normalized spacial score (nSPS) is 11.9. The zero-order valence-electron chi connectivity index (χ0n) is 9.85. The van der Waals surface area contributed by atoms with Gasteiger partial charge in [-0.3, -0.25) is 14.9 Å². The number of hydrogen-bond donors (Lipinski definition) is 2. The number of rotatable bonds is 5. The van der Waals surface area contributed by atoms with Crippen LogP contribution in [0.4, 0.5) is 15.8 Å². The van der Waals surface area contributed by atoms with Gasteiger partial charge < -0.3 is 11.1 Å². The Morgan fingerprint density at radius 2 is 2.22 bits per heavy atom. The number of halogens is 1. The standard InChI is InChI=1S/C11H14FN3O3/c1-2-7(6-13)11(16)14-9-3-8(12)4-10(5-9)15(17)18/h3-5,7H,2,6,13H2,1H3,(H,14,16). The van der Waals surface area contributed by atoms with E-state index in [1.807, 2.05) is 0 Å². The molecule has 0 saturated carbocycles. The van der Waals surface area contributed by atoms with Gasteiger partial charge in [-0.05, 0) is 12.5 Å². The van der Waals surface area contributed by atoms with Crippen molar-refractivity contribution in [3.63, 3.8) is 0 Å². The smallest absolute Gasteiger partial charge is 0.274 e. The van der Waals surface area contributed by atoms with Crippen molar-refractivity contribution < 1.29 is 14.1 Å². The highest BCUT2D eigenvalue weighted by Crippen LogP contribution is 2.20. The van der Waals surface area contributed by atoms with E-state index in [4.69, 9.17) is 5.73 Å². The Labute approximate surface area is 103 Å². The summed E-state index contributed by atoms with van der Waals surface area (Å²) in [5.74, 6) is -1.55. The van der Waals surface area contributed by atoms with Crippen molar-refractivity contribution in [3.8, 4) is 0 Å². The van der Waals surface area contributed by atoms with E-state index in [1.165, 1.54) is 0 Å². The molecule has 0 bridgehead atoms. The monoisotopic (exact) mass is 255 g/mol. The van der Waals surface area contributed by atoms with E-state index in [0.29, 0.717) is 6.42 Å². The van der Waals surface area contributed by atoms with Crippen LogP contribution < -0.4 is 11.1 Å². The number of nitrogens with two attached hydrogens (primary N) is 1. The van der Waals surface area contributed by atoms with E-state index in [2.05, 4.69) is 5.32 Å². The Kier molecular flexibility index (Phi) is 4.73. The van der Waals surface area contributed by atoms with Gasteiger partial charge in [0.2, 0.25) is 5.91 Å². The Morgan fingerprint density at radius 1 is 1.56 bits per heavy atom. The molecule has 6 nitrogen and oxygen atoms in total. The van der Waals surface area contributed by atoms with Gasteiger partial charge in [-0.15, -0.1) is 0 Å². The van der Waals surface area contributed by atoms with Crippen molar-refractivity contribution in [3.05, 3.63) is 34.1 Å². The fraction of sp³-hybridized carbons (Fsp3) is 0.364. The Morgan fingerprint density at radius 3 is 2.72 bits per heavy atom. The molecular formula is C11H14FN3O3. The lowest BCUT2D eigenvalue weighted by molar-refractivity contribution is -0.385. The third-order valence-electron chi connectivity index (χ3n) is 2.51. The molecule has 1 atom stereocenters. The molecule has 0 radical (unpaired) electrons. The van der Waals surface area contributed by atoms with Crippen LogP contribution >= 0.6 is 0 Å². The second kappa shape index (κ2) is 6.06. The Hall–Kier alpha value is -2.02. The summed E-state index contributed by atoms with van der Waals surface area (Å²) in [4.78, 5) is 21.5. The first-order valence-corrected chi connectivity index (χ1v) is 5.43. The second-order valence-corrected chi connectivity index (χ2v) is 3.79. The van der Waals surface area contributed by atoms with Crippen LogP contribution in [0.25, 0.3) is 0 Å². The quantitative estimate of drug-likeness (QED) is 0.617. The highest BCUT2D eigenvalue weighted by Gasteiger charge is 2.16. The van der Waals surface area contributed by atoms with E-state index in [9.17, 15) is 19.3 Å². The number of carbonyl (C=O) groups is 1. The summed E-state index contributed by atoms with van der Waals surface area (Å²) in [7, 11) is 0. The van der Waals surface area contributed by atoms with Crippen LogP contribution in [-0.4, -0.2) is 17.4 Å². The summed E-state index contributed by atoms with van der Waals surface area (Å²) in [6.07, 6.45) is 0.541. The maximum absolute atomic E-state index is 13.1. The minimum Gasteiger partial charge on any atom is -0.330 e. The predicted molar refractivity (Wildman–Crippen MR) is 64.5 cm³/mol. The maximum Gasteiger partial charge on any atom is 0.274 e. The van der Waals surface area contributed by atoms with Gasteiger partial charge in [0.15, 0.2) is 0 Å². The molecule has 0 aliphatic rings. The van der Waals surface area contributed by atoms with Crippen LogP contribution in [0.1, 0.15) is 13.3 Å². The van der Waals surface area contributed by atoms with Crippen molar-refractivity contribution >= 4 is 17.3 Å². The van der Waals surface area contributed by atoms with E-state index >= 15 is 0 Å². The molecule has 1 amide bonds. The van der Waals surface area contributed by atoms with E-state index in [-0.39, 0.29) is 18.1 Å². The van der Waals surface area contributed by atoms with E-state index in [0.717, 1.165) is 18.2 Å².